The second-order valence-corrected chi connectivity index (χ2v) is 9.17. The lowest BCUT2D eigenvalue weighted by molar-refractivity contribution is 0.112. The molecule has 7 heteroatoms. The molecule has 1 aliphatic heterocycles. The number of thiazole rings is 1. The van der Waals surface area contributed by atoms with Gasteiger partial charge >= 0.3 is 0 Å². The van der Waals surface area contributed by atoms with E-state index in [9.17, 15) is 5.11 Å². The van der Waals surface area contributed by atoms with Crippen LogP contribution < -0.4 is 0 Å². The molecule has 3 aromatic rings. The molecule has 0 spiro atoms. The van der Waals surface area contributed by atoms with Crippen LogP contribution in [0.3, 0.4) is 0 Å². The van der Waals surface area contributed by atoms with E-state index in [1.54, 1.807) is 4.52 Å². The molecule has 27 heavy (non-hydrogen) atoms. The number of nitrogens with zero attached hydrogens (tertiary/aromatic N) is 4. The summed E-state index contributed by atoms with van der Waals surface area (Å²) in [6.45, 7) is 8.63. The van der Waals surface area contributed by atoms with E-state index >= 15 is 0 Å². The standard InChI is InChI=1S/C20H25ClN4OS/c1-4-16-22-20-25(23-16)19(26)18(27-20)17(14-5-7-15(21)8-6-14)24-10-12(2)9-13(3)11-24/h5-8,12-13,17,26H,4,9-11H2,1-3H3/t12-,13-,17-/m0/s1. The molecule has 1 saturated heterocycles. The van der Waals surface area contributed by atoms with Crippen LogP contribution in [0.1, 0.15) is 49.5 Å². The predicted molar refractivity (Wildman–Crippen MR) is 110 cm³/mol. The number of benzene rings is 1. The Bertz CT molecular complexity index is 926. The number of hydrogen-bond donors (Lipinski definition) is 1. The summed E-state index contributed by atoms with van der Waals surface area (Å²) in [5, 5.41) is 16.1. The maximum Gasteiger partial charge on any atom is 0.230 e. The first kappa shape index (κ1) is 18.7. The largest absolute Gasteiger partial charge is 0.492 e. The highest BCUT2D eigenvalue weighted by molar-refractivity contribution is 7.17. The lowest BCUT2D eigenvalue weighted by atomic mass is 9.89. The summed E-state index contributed by atoms with van der Waals surface area (Å²) in [5.41, 5.74) is 1.14. The van der Waals surface area contributed by atoms with Crippen LogP contribution in [0.4, 0.5) is 0 Å². The summed E-state index contributed by atoms with van der Waals surface area (Å²) in [6.07, 6.45) is 2.00. The van der Waals surface area contributed by atoms with E-state index in [1.165, 1.54) is 17.8 Å². The molecule has 0 bridgehead atoms. The molecule has 0 unspecified atom stereocenters. The summed E-state index contributed by atoms with van der Waals surface area (Å²) in [7, 11) is 0. The van der Waals surface area contributed by atoms with Crippen LogP contribution in [0, 0.1) is 11.8 Å². The van der Waals surface area contributed by atoms with E-state index < -0.39 is 0 Å². The van der Waals surface area contributed by atoms with Crippen molar-refractivity contribution >= 4 is 27.9 Å². The van der Waals surface area contributed by atoms with Gasteiger partial charge in [-0.2, -0.15) is 4.52 Å². The SMILES string of the molecule is CCc1nc2sc([C@H](c3ccc(Cl)cc3)N3C[C@@H](C)C[C@H](C)C3)c(O)n2n1. The van der Waals surface area contributed by atoms with Gasteiger partial charge in [0.2, 0.25) is 10.8 Å². The topological polar surface area (TPSA) is 53.7 Å². The van der Waals surface area contributed by atoms with Gasteiger partial charge in [0, 0.05) is 24.5 Å². The molecule has 0 radical (unpaired) electrons. The summed E-state index contributed by atoms with van der Waals surface area (Å²) in [4.78, 5) is 8.67. The van der Waals surface area contributed by atoms with E-state index in [0.29, 0.717) is 11.8 Å². The number of piperidine rings is 1. The molecule has 5 nitrogen and oxygen atoms in total. The Hall–Kier alpha value is -1.63. The smallest absolute Gasteiger partial charge is 0.230 e. The molecule has 0 aliphatic carbocycles. The monoisotopic (exact) mass is 404 g/mol. The Kier molecular flexibility index (Phi) is 5.14. The Balaban J connectivity index is 1.81. The lowest BCUT2D eigenvalue weighted by Gasteiger charge is -2.40. The molecule has 4 rings (SSSR count). The average molecular weight is 405 g/mol. The minimum Gasteiger partial charge on any atom is -0.492 e. The van der Waals surface area contributed by atoms with Crippen LogP contribution in [-0.2, 0) is 6.42 Å². The van der Waals surface area contributed by atoms with Crippen molar-refractivity contribution in [2.24, 2.45) is 11.8 Å². The van der Waals surface area contributed by atoms with Crippen molar-refractivity contribution in [2.75, 3.05) is 13.1 Å². The number of halogens is 1. The molecule has 3 atom stereocenters. The Morgan fingerprint density at radius 3 is 2.48 bits per heavy atom. The number of aromatic nitrogens is 3. The van der Waals surface area contributed by atoms with Crippen molar-refractivity contribution < 1.29 is 5.11 Å². The van der Waals surface area contributed by atoms with Crippen molar-refractivity contribution in [1.29, 1.82) is 0 Å². The van der Waals surface area contributed by atoms with Crippen molar-refractivity contribution in [2.45, 2.75) is 39.7 Å². The van der Waals surface area contributed by atoms with Gasteiger partial charge in [-0.3, -0.25) is 4.90 Å². The van der Waals surface area contributed by atoms with Crippen molar-refractivity contribution in [3.8, 4) is 5.88 Å². The maximum absolute atomic E-state index is 11.0. The molecule has 3 heterocycles. The highest BCUT2D eigenvalue weighted by atomic mass is 35.5. The van der Waals surface area contributed by atoms with Crippen molar-refractivity contribution in [3.05, 3.63) is 45.6 Å². The normalized spacial score (nSPS) is 22.4. The molecule has 0 amide bonds. The van der Waals surface area contributed by atoms with Gasteiger partial charge in [-0.05, 0) is 36.0 Å². The quantitative estimate of drug-likeness (QED) is 0.679. The molecule has 2 aromatic heterocycles. The lowest BCUT2D eigenvalue weighted by Crippen LogP contribution is -2.41. The Labute approximate surface area is 168 Å². The number of aromatic hydroxyl groups is 1. The molecule has 144 valence electrons. The first-order chi connectivity index (χ1) is 13.0. The van der Waals surface area contributed by atoms with Crippen LogP contribution in [0.5, 0.6) is 5.88 Å². The van der Waals surface area contributed by atoms with E-state index in [4.69, 9.17) is 11.6 Å². The fourth-order valence-corrected chi connectivity index (χ4v) is 5.48. The Morgan fingerprint density at radius 1 is 1.22 bits per heavy atom. The van der Waals surface area contributed by atoms with Crippen molar-refractivity contribution in [3.63, 3.8) is 0 Å². The maximum atomic E-state index is 11.0. The number of fused-ring (bicyclic) bond motifs is 1. The van der Waals surface area contributed by atoms with Crippen LogP contribution in [-0.4, -0.2) is 37.7 Å². The zero-order valence-corrected chi connectivity index (χ0v) is 17.5. The number of likely N-dealkylation sites (tertiary alicyclic amines) is 1. The summed E-state index contributed by atoms with van der Waals surface area (Å²) in [5.74, 6) is 2.21. The zero-order valence-electron chi connectivity index (χ0n) is 15.9. The van der Waals surface area contributed by atoms with Gasteiger partial charge in [0.1, 0.15) is 0 Å². The first-order valence-corrected chi connectivity index (χ1v) is 10.7. The third kappa shape index (κ3) is 3.58. The van der Waals surface area contributed by atoms with E-state index in [-0.39, 0.29) is 11.9 Å². The van der Waals surface area contributed by atoms with Gasteiger partial charge in [0.05, 0.1) is 10.9 Å². The van der Waals surface area contributed by atoms with Crippen LogP contribution in [0.25, 0.3) is 4.96 Å². The minimum absolute atomic E-state index is 0.0222. The third-order valence-electron chi connectivity index (χ3n) is 5.26. The van der Waals surface area contributed by atoms with E-state index in [2.05, 4.69) is 41.0 Å². The van der Waals surface area contributed by atoms with Gasteiger partial charge < -0.3 is 5.11 Å². The summed E-state index contributed by atoms with van der Waals surface area (Å²) < 4.78 is 1.58. The fraction of sp³-hybridized carbons (Fsp3) is 0.500. The van der Waals surface area contributed by atoms with Gasteiger partial charge in [-0.25, -0.2) is 4.98 Å². The van der Waals surface area contributed by atoms with Gasteiger partial charge in [-0.15, -0.1) is 5.10 Å². The van der Waals surface area contributed by atoms with Gasteiger partial charge in [0.15, 0.2) is 5.82 Å². The molecule has 1 fully saturated rings. The van der Waals surface area contributed by atoms with Crippen LogP contribution in [0.2, 0.25) is 5.02 Å². The van der Waals surface area contributed by atoms with Gasteiger partial charge in [0.25, 0.3) is 0 Å². The highest BCUT2D eigenvalue weighted by Crippen LogP contribution is 2.42. The number of rotatable bonds is 4. The molecular weight excluding hydrogens is 380 g/mol. The van der Waals surface area contributed by atoms with Crippen LogP contribution >= 0.6 is 22.9 Å². The number of aryl methyl sites for hydroxylation is 1. The molecular formula is C20H25ClN4OS. The molecule has 1 aromatic carbocycles. The molecule has 1 N–H and O–H groups in total. The second-order valence-electron chi connectivity index (χ2n) is 7.72. The highest BCUT2D eigenvalue weighted by Gasteiger charge is 2.33. The van der Waals surface area contributed by atoms with E-state index in [0.717, 1.165) is 45.8 Å². The predicted octanol–water partition coefficient (Wildman–Crippen LogP) is 4.78. The summed E-state index contributed by atoms with van der Waals surface area (Å²) in [6, 6.07) is 7.94. The summed E-state index contributed by atoms with van der Waals surface area (Å²) >= 11 is 7.65. The zero-order chi connectivity index (χ0) is 19.1. The Morgan fingerprint density at radius 2 is 1.89 bits per heavy atom. The second kappa shape index (κ2) is 7.41. The van der Waals surface area contributed by atoms with Crippen molar-refractivity contribution in [1.82, 2.24) is 19.5 Å². The molecule has 1 aliphatic rings. The van der Waals surface area contributed by atoms with E-state index in [1.807, 2.05) is 19.1 Å². The minimum atomic E-state index is -0.0222. The number of hydrogen-bond acceptors (Lipinski definition) is 5. The molecule has 0 saturated carbocycles. The fourth-order valence-electron chi connectivity index (χ4n) is 4.21. The first-order valence-electron chi connectivity index (χ1n) is 9.53. The average Bonchev–Trinajstić information content (AvgIpc) is 3.16. The third-order valence-corrected chi connectivity index (χ3v) is 6.58. The van der Waals surface area contributed by atoms with Crippen LogP contribution in [0.15, 0.2) is 24.3 Å². The van der Waals surface area contributed by atoms with Gasteiger partial charge in [-0.1, -0.05) is 55.8 Å².